The van der Waals surface area contributed by atoms with Gasteiger partial charge in [0.2, 0.25) is 5.36 Å². The van der Waals surface area contributed by atoms with E-state index in [9.17, 15) is 4.79 Å². The molecule has 5 heteroatoms. The number of benzene rings is 3. The zero-order valence-corrected chi connectivity index (χ0v) is 20.9. The van der Waals surface area contributed by atoms with Crippen molar-refractivity contribution in [1.82, 2.24) is 4.58 Å². The van der Waals surface area contributed by atoms with Crippen LogP contribution in [0.25, 0.3) is 33.4 Å². The van der Waals surface area contributed by atoms with Crippen LogP contribution in [0.2, 0.25) is 0 Å². The van der Waals surface area contributed by atoms with E-state index in [1.807, 2.05) is 31.2 Å². The SMILES string of the molecule is CCOC(=O)c1ccccc1-c1c2cc(C)c(=[N+](C)CC)cc-2oc2cc(N(C)CC)ccc12. The molecule has 5 nitrogen and oxygen atoms in total. The van der Waals surface area contributed by atoms with Gasteiger partial charge in [-0.1, -0.05) is 18.2 Å². The first-order chi connectivity index (χ1) is 16.4. The average Bonchev–Trinajstić information content (AvgIpc) is 2.86. The van der Waals surface area contributed by atoms with Crippen molar-refractivity contribution >= 4 is 22.6 Å². The molecule has 0 saturated carbocycles. The second kappa shape index (κ2) is 9.72. The predicted molar refractivity (Wildman–Crippen MR) is 140 cm³/mol. The highest BCUT2D eigenvalue weighted by Crippen LogP contribution is 2.42. The van der Waals surface area contributed by atoms with Crippen LogP contribution in [0.3, 0.4) is 0 Å². The molecule has 0 unspecified atom stereocenters. The van der Waals surface area contributed by atoms with E-state index in [0.717, 1.165) is 63.1 Å². The number of fused-ring (bicyclic) bond motifs is 2. The first-order valence-corrected chi connectivity index (χ1v) is 11.9. The minimum Gasteiger partial charge on any atom is -0.462 e. The van der Waals surface area contributed by atoms with Crippen LogP contribution in [0.15, 0.2) is 59.0 Å². The van der Waals surface area contributed by atoms with Crippen molar-refractivity contribution in [2.24, 2.45) is 0 Å². The summed E-state index contributed by atoms with van der Waals surface area (Å²) in [6.07, 6.45) is 0. The molecule has 0 saturated heterocycles. The minimum atomic E-state index is -0.318. The van der Waals surface area contributed by atoms with E-state index in [-0.39, 0.29) is 5.97 Å². The van der Waals surface area contributed by atoms with Crippen molar-refractivity contribution in [2.45, 2.75) is 27.7 Å². The van der Waals surface area contributed by atoms with Crippen LogP contribution >= 0.6 is 0 Å². The minimum absolute atomic E-state index is 0.318. The molecule has 0 spiro atoms. The molecule has 2 aromatic carbocycles. The van der Waals surface area contributed by atoms with E-state index in [1.54, 1.807) is 0 Å². The summed E-state index contributed by atoms with van der Waals surface area (Å²) in [5.41, 5.74) is 6.39. The molecule has 2 aromatic rings. The molecule has 0 aromatic heterocycles. The quantitative estimate of drug-likeness (QED) is 0.216. The summed E-state index contributed by atoms with van der Waals surface area (Å²) in [6.45, 7) is 10.3. The Morgan fingerprint density at radius 2 is 1.79 bits per heavy atom. The molecule has 2 aliphatic rings. The largest absolute Gasteiger partial charge is 0.462 e. The lowest BCUT2D eigenvalue weighted by molar-refractivity contribution is 0.0527. The highest BCUT2D eigenvalue weighted by Gasteiger charge is 2.23. The monoisotopic (exact) mass is 457 g/mol. The fourth-order valence-electron chi connectivity index (χ4n) is 4.40. The van der Waals surface area contributed by atoms with Crippen LogP contribution in [0, 0.1) is 6.92 Å². The lowest BCUT2D eigenvalue weighted by Gasteiger charge is -2.20. The summed E-state index contributed by atoms with van der Waals surface area (Å²) < 4.78 is 14.1. The maximum Gasteiger partial charge on any atom is 0.338 e. The summed E-state index contributed by atoms with van der Waals surface area (Å²) in [7, 11) is 4.15. The van der Waals surface area contributed by atoms with Gasteiger partial charge in [-0.2, -0.15) is 0 Å². The normalized spacial score (nSPS) is 12.2. The fourth-order valence-corrected chi connectivity index (χ4v) is 4.40. The number of hydrogen-bond donors (Lipinski definition) is 0. The zero-order chi connectivity index (χ0) is 24.4. The van der Waals surface area contributed by atoms with Gasteiger partial charge in [0.25, 0.3) is 0 Å². The first kappa shape index (κ1) is 23.6. The Labute approximate surface area is 201 Å². The third kappa shape index (κ3) is 4.18. The number of anilines is 1. The van der Waals surface area contributed by atoms with E-state index < -0.39 is 0 Å². The van der Waals surface area contributed by atoms with E-state index in [1.165, 1.54) is 0 Å². The van der Waals surface area contributed by atoms with E-state index in [2.05, 4.69) is 74.7 Å². The van der Waals surface area contributed by atoms with Gasteiger partial charge in [0.15, 0.2) is 0 Å². The summed E-state index contributed by atoms with van der Waals surface area (Å²) in [4.78, 5) is 15.1. The van der Waals surface area contributed by atoms with Crippen LogP contribution < -0.4 is 14.8 Å². The highest BCUT2D eigenvalue weighted by molar-refractivity contribution is 6.08. The molecule has 1 aliphatic carbocycles. The molecule has 0 N–H and O–H groups in total. The Bertz CT molecular complexity index is 1400. The number of aryl methyl sites for hydroxylation is 1. The van der Waals surface area contributed by atoms with Crippen molar-refractivity contribution < 1.29 is 13.9 Å². The predicted octanol–water partition coefficient (Wildman–Crippen LogP) is 5.57. The van der Waals surface area contributed by atoms with Gasteiger partial charge in [0.05, 0.1) is 18.2 Å². The lowest BCUT2D eigenvalue weighted by Crippen LogP contribution is -2.28. The third-order valence-corrected chi connectivity index (χ3v) is 6.51. The van der Waals surface area contributed by atoms with Crippen LogP contribution in [0.4, 0.5) is 5.69 Å². The standard InChI is InChI=1S/C29H33N2O3/c1-7-30(5)20-14-15-23-26(17-20)34-27-18-25(31(6)8-2)19(4)16-24(27)28(23)21-12-10-11-13-22(21)29(32)33-9-3/h10-18H,7-9H2,1-6H3/q+1. The van der Waals surface area contributed by atoms with Crippen LogP contribution in [-0.2, 0) is 4.74 Å². The molecule has 0 amide bonds. The number of rotatable bonds is 6. The Hall–Kier alpha value is -3.60. The Kier molecular flexibility index (Phi) is 6.73. The summed E-state index contributed by atoms with van der Waals surface area (Å²) in [5.74, 6) is 0.472. The van der Waals surface area contributed by atoms with Crippen molar-refractivity contribution in [3.63, 3.8) is 0 Å². The van der Waals surface area contributed by atoms with Gasteiger partial charge in [-0.3, -0.25) is 0 Å². The smallest absolute Gasteiger partial charge is 0.338 e. The maximum atomic E-state index is 12.9. The maximum absolute atomic E-state index is 12.9. The Morgan fingerprint density at radius 3 is 2.50 bits per heavy atom. The molecular weight excluding hydrogens is 424 g/mol. The summed E-state index contributed by atoms with van der Waals surface area (Å²) in [6, 6.07) is 18.2. The number of nitrogens with zero attached hydrogens (tertiary/aromatic N) is 2. The molecule has 0 bridgehead atoms. The summed E-state index contributed by atoms with van der Waals surface area (Å²) in [5, 5.41) is 2.10. The van der Waals surface area contributed by atoms with E-state index in [0.29, 0.717) is 12.2 Å². The second-order valence-corrected chi connectivity index (χ2v) is 8.59. The number of carbonyl (C=O) groups excluding carboxylic acids is 1. The van der Waals surface area contributed by atoms with Gasteiger partial charge in [0.1, 0.15) is 24.9 Å². The van der Waals surface area contributed by atoms with Gasteiger partial charge in [-0.05, 0) is 57.5 Å². The molecule has 34 heavy (non-hydrogen) atoms. The number of esters is 1. The molecule has 176 valence electrons. The average molecular weight is 458 g/mol. The number of ether oxygens (including phenoxy) is 1. The highest BCUT2D eigenvalue weighted by atomic mass is 16.5. The molecular formula is C29H33N2O3+. The molecule has 4 rings (SSSR count). The molecule has 0 atom stereocenters. The van der Waals surface area contributed by atoms with E-state index >= 15 is 0 Å². The van der Waals surface area contributed by atoms with Gasteiger partial charge in [-0.25, -0.2) is 9.37 Å². The molecule has 1 heterocycles. The summed E-state index contributed by atoms with van der Waals surface area (Å²) >= 11 is 0. The van der Waals surface area contributed by atoms with E-state index in [4.69, 9.17) is 9.15 Å². The molecule has 0 radical (unpaired) electrons. The number of hydrogen-bond acceptors (Lipinski definition) is 4. The fraction of sp³-hybridized carbons (Fsp3) is 0.310. The van der Waals surface area contributed by atoms with Crippen molar-refractivity contribution in [1.29, 1.82) is 0 Å². The molecule has 0 fully saturated rings. The van der Waals surface area contributed by atoms with Gasteiger partial charge in [0, 0.05) is 47.4 Å². The third-order valence-electron chi connectivity index (χ3n) is 6.51. The zero-order valence-electron chi connectivity index (χ0n) is 20.9. The van der Waals surface area contributed by atoms with Crippen LogP contribution in [-0.4, -0.2) is 39.8 Å². The first-order valence-electron chi connectivity index (χ1n) is 11.9. The van der Waals surface area contributed by atoms with Crippen LogP contribution in [0.1, 0.15) is 36.7 Å². The molecule has 1 aliphatic heterocycles. The Morgan fingerprint density at radius 1 is 1.03 bits per heavy atom. The lowest BCUT2D eigenvalue weighted by atomic mass is 9.90. The second-order valence-electron chi connectivity index (χ2n) is 8.59. The van der Waals surface area contributed by atoms with Crippen molar-refractivity contribution in [3.8, 4) is 22.5 Å². The topological polar surface area (TPSA) is 45.7 Å². The van der Waals surface area contributed by atoms with Crippen molar-refractivity contribution in [2.75, 3.05) is 38.7 Å². The van der Waals surface area contributed by atoms with Gasteiger partial charge >= 0.3 is 5.97 Å². The Balaban J connectivity index is 2.15. The van der Waals surface area contributed by atoms with Gasteiger partial charge < -0.3 is 14.1 Å². The van der Waals surface area contributed by atoms with Crippen molar-refractivity contribution in [3.05, 3.63) is 71.1 Å². The number of carbonyl (C=O) groups is 1. The van der Waals surface area contributed by atoms with Gasteiger partial charge in [-0.15, -0.1) is 0 Å². The van der Waals surface area contributed by atoms with Crippen LogP contribution in [0.5, 0.6) is 0 Å².